The van der Waals surface area contributed by atoms with Crippen molar-refractivity contribution in [2.75, 3.05) is 18.1 Å². The summed E-state index contributed by atoms with van der Waals surface area (Å²) in [4.78, 5) is 5.24. The Balaban J connectivity index is 2.38. The number of hydrogen-bond donors (Lipinski definition) is 2. The molecule has 0 aliphatic carbocycles. The van der Waals surface area contributed by atoms with E-state index in [1.54, 1.807) is 11.8 Å². The summed E-state index contributed by atoms with van der Waals surface area (Å²) in [6.07, 6.45) is 0. The molecule has 5 nitrogen and oxygen atoms in total. The van der Waals surface area contributed by atoms with Crippen molar-refractivity contribution in [3.8, 4) is 0 Å². The number of aliphatic imine (C=N–C) groups is 1. The van der Waals surface area contributed by atoms with Crippen LogP contribution in [0.5, 0.6) is 0 Å². The van der Waals surface area contributed by atoms with Gasteiger partial charge in [-0.3, -0.25) is 9.55 Å². The molecule has 0 spiro atoms. The van der Waals surface area contributed by atoms with Crippen LogP contribution in [-0.4, -0.2) is 36.9 Å². The molecule has 0 fully saturated rings. The van der Waals surface area contributed by atoms with Crippen LogP contribution in [0.15, 0.2) is 34.2 Å². The molecule has 8 heteroatoms. The largest absolute Gasteiger partial charge is 0.387 e. The smallest absolute Gasteiger partial charge is 0.320 e. The molecule has 1 rings (SSSR count). The third kappa shape index (κ3) is 8.07. The maximum Gasteiger partial charge on any atom is 0.320 e. The van der Waals surface area contributed by atoms with E-state index in [0.29, 0.717) is 17.3 Å². The van der Waals surface area contributed by atoms with Crippen molar-refractivity contribution in [2.45, 2.75) is 31.1 Å². The first-order chi connectivity index (χ1) is 10.1. The fourth-order valence-corrected chi connectivity index (χ4v) is 3.50. The number of nitrogens with zero attached hydrogens (tertiary/aromatic N) is 1. The Morgan fingerprint density at radius 3 is 2.36 bits per heavy atom. The van der Waals surface area contributed by atoms with Gasteiger partial charge >= 0.3 is 9.15 Å². The molecule has 0 bridgehead atoms. The van der Waals surface area contributed by atoms with Crippen LogP contribution in [0.1, 0.15) is 26.3 Å². The van der Waals surface area contributed by atoms with Gasteiger partial charge in [0.2, 0.25) is 0 Å². The van der Waals surface area contributed by atoms with Gasteiger partial charge in [-0.1, -0.05) is 32.9 Å². The van der Waals surface area contributed by atoms with E-state index in [0.717, 1.165) is 10.6 Å². The molecule has 3 N–H and O–H groups in total. The molecule has 0 aromatic heterocycles. The minimum atomic E-state index is -4.06. The molecular weight excluding hydrogens is 340 g/mol. The molecule has 0 saturated carbocycles. The highest BCUT2D eigenvalue weighted by atomic mass is 33.1. The van der Waals surface area contributed by atoms with Crippen molar-refractivity contribution in [1.29, 1.82) is 0 Å². The first kappa shape index (κ1) is 19.3. The third-order valence-electron chi connectivity index (χ3n) is 2.75. The standard InChI is InChI=1S/C14H22N2O3S3/c1-14(2,3)11-4-6-12(7-5-11)20-9-8-16-13(15)10-21-22(17,18)19/h4-7H,8-10H2,1-3H3,(H2,15,16)(H,17,18,19). The molecule has 0 aliphatic heterocycles. The van der Waals surface area contributed by atoms with Crippen LogP contribution >= 0.6 is 22.6 Å². The first-order valence-electron chi connectivity index (χ1n) is 6.72. The summed E-state index contributed by atoms with van der Waals surface area (Å²) in [5.74, 6) is 0.946. The van der Waals surface area contributed by atoms with Gasteiger partial charge in [0.25, 0.3) is 0 Å². The first-order valence-corrected chi connectivity index (χ1v) is 10.6. The zero-order valence-corrected chi connectivity index (χ0v) is 15.4. The van der Waals surface area contributed by atoms with E-state index in [1.165, 1.54) is 5.56 Å². The molecule has 0 atom stereocenters. The van der Waals surface area contributed by atoms with Gasteiger partial charge in [-0.05, 0) is 23.1 Å². The Bertz CT molecular complexity index is 605. The van der Waals surface area contributed by atoms with E-state index >= 15 is 0 Å². The molecule has 0 aliphatic rings. The van der Waals surface area contributed by atoms with Gasteiger partial charge in [-0.25, -0.2) is 0 Å². The average Bonchev–Trinajstić information content (AvgIpc) is 2.40. The zero-order chi connectivity index (χ0) is 16.8. The molecular formula is C14H22N2O3S3. The SMILES string of the molecule is CC(C)(C)c1ccc(SCCN=C(N)CSS(=O)(=O)O)cc1. The van der Waals surface area contributed by atoms with Crippen molar-refractivity contribution < 1.29 is 13.0 Å². The van der Waals surface area contributed by atoms with Crippen molar-refractivity contribution in [3.05, 3.63) is 29.8 Å². The molecule has 0 amide bonds. The van der Waals surface area contributed by atoms with E-state index in [2.05, 4.69) is 50.0 Å². The molecule has 0 heterocycles. The predicted molar refractivity (Wildman–Crippen MR) is 96.4 cm³/mol. The van der Waals surface area contributed by atoms with Crippen molar-refractivity contribution >= 4 is 37.5 Å². The lowest BCUT2D eigenvalue weighted by Crippen LogP contribution is -2.16. The summed E-state index contributed by atoms with van der Waals surface area (Å²) in [6, 6.07) is 8.43. The summed E-state index contributed by atoms with van der Waals surface area (Å²) in [5.41, 5.74) is 7.01. The van der Waals surface area contributed by atoms with E-state index in [4.69, 9.17) is 10.3 Å². The normalized spacial score (nSPS) is 13.4. The van der Waals surface area contributed by atoms with E-state index in [9.17, 15) is 8.42 Å². The maximum absolute atomic E-state index is 10.6. The van der Waals surface area contributed by atoms with Crippen LogP contribution < -0.4 is 5.73 Å². The Kier molecular flexibility index (Phi) is 7.24. The van der Waals surface area contributed by atoms with Crippen LogP contribution in [0, 0.1) is 0 Å². The summed E-state index contributed by atoms with van der Waals surface area (Å²) in [5, 5.41) is 0. The molecule has 0 saturated heterocycles. The van der Waals surface area contributed by atoms with Crippen LogP contribution in [-0.2, 0) is 14.6 Å². The van der Waals surface area contributed by atoms with Crippen LogP contribution in [0.25, 0.3) is 0 Å². The lowest BCUT2D eigenvalue weighted by atomic mass is 9.87. The monoisotopic (exact) mass is 362 g/mol. The topological polar surface area (TPSA) is 92.8 Å². The molecule has 0 unspecified atom stereocenters. The Labute approximate surface area is 140 Å². The minimum absolute atomic E-state index is 0.0240. The third-order valence-corrected chi connectivity index (χ3v) is 5.70. The summed E-state index contributed by atoms with van der Waals surface area (Å²) in [7, 11) is -3.69. The summed E-state index contributed by atoms with van der Waals surface area (Å²) in [6.45, 7) is 7.04. The quantitative estimate of drug-likeness (QED) is 0.193. The Morgan fingerprint density at radius 1 is 1.27 bits per heavy atom. The maximum atomic E-state index is 10.6. The minimum Gasteiger partial charge on any atom is -0.387 e. The van der Waals surface area contributed by atoms with E-state index < -0.39 is 9.15 Å². The van der Waals surface area contributed by atoms with Crippen LogP contribution in [0.4, 0.5) is 0 Å². The molecule has 22 heavy (non-hydrogen) atoms. The van der Waals surface area contributed by atoms with Gasteiger partial charge in [-0.2, -0.15) is 8.42 Å². The van der Waals surface area contributed by atoms with E-state index in [-0.39, 0.29) is 17.0 Å². The predicted octanol–water partition coefficient (Wildman–Crippen LogP) is 2.97. The Hall–Kier alpha value is -0.700. The second kappa shape index (κ2) is 8.24. The summed E-state index contributed by atoms with van der Waals surface area (Å²) >= 11 is 1.67. The highest BCUT2D eigenvalue weighted by molar-refractivity contribution is 8.70. The number of amidine groups is 1. The van der Waals surface area contributed by atoms with Gasteiger partial charge in [-0.15, -0.1) is 11.8 Å². The molecule has 0 radical (unpaired) electrons. The van der Waals surface area contributed by atoms with Gasteiger partial charge < -0.3 is 5.73 Å². The average molecular weight is 363 g/mol. The van der Waals surface area contributed by atoms with E-state index in [1.807, 2.05) is 0 Å². The fourth-order valence-electron chi connectivity index (χ4n) is 1.58. The fraction of sp³-hybridized carbons (Fsp3) is 0.500. The highest BCUT2D eigenvalue weighted by Crippen LogP contribution is 2.25. The van der Waals surface area contributed by atoms with Crippen LogP contribution in [0.2, 0.25) is 0 Å². The molecule has 124 valence electrons. The zero-order valence-electron chi connectivity index (χ0n) is 12.9. The summed E-state index contributed by atoms with van der Waals surface area (Å²) < 4.78 is 29.7. The van der Waals surface area contributed by atoms with Gasteiger partial charge in [0, 0.05) is 21.4 Å². The molecule has 1 aromatic carbocycles. The number of benzene rings is 1. The highest BCUT2D eigenvalue weighted by Gasteiger charge is 2.12. The lowest BCUT2D eigenvalue weighted by molar-refractivity contribution is 0.503. The van der Waals surface area contributed by atoms with Crippen molar-refractivity contribution in [3.63, 3.8) is 0 Å². The number of rotatable bonds is 7. The van der Waals surface area contributed by atoms with Gasteiger partial charge in [0.05, 0.1) is 12.3 Å². The van der Waals surface area contributed by atoms with Crippen molar-refractivity contribution in [2.24, 2.45) is 10.7 Å². The Morgan fingerprint density at radius 2 is 1.86 bits per heavy atom. The lowest BCUT2D eigenvalue weighted by Gasteiger charge is -2.19. The van der Waals surface area contributed by atoms with Crippen LogP contribution in [0.3, 0.4) is 0 Å². The number of thioether (sulfide) groups is 1. The number of nitrogens with two attached hydrogens (primary N) is 1. The second-order valence-corrected chi connectivity index (χ2v) is 10.2. The number of hydrogen-bond acceptors (Lipinski definition) is 5. The second-order valence-electron chi connectivity index (χ2n) is 5.69. The van der Waals surface area contributed by atoms with Crippen molar-refractivity contribution in [1.82, 2.24) is 0 Å². The van der Waals surface area contributed by atoms with Gasteiger partial charge in [0.1, 0.15) is 5.84 Å². The van der Waals surface area contributed by atoms with Gasteiger partial charge in [0.15, 0.2) is 0 Å². The molecule has 1 aromatic rings.